The third kappa shape index (κ3) is 6.40. The number of nitriles is 1. The molecule has 11 heteroatoms. The van der Waals surface area contributed by atoms with Gasteiger partial charge >= 0.3 is 12.1 Å². The summed E-state index contributed by atoms with van der Waals surface area (Å²) in [4.78, 5) is 24.8. The Labute approximate surface area is 207 Å². The van der Waals surface area contributed by atoms with Crippen LogP contribution in [0.2, 0.25) is 5.02 Å². The molecule has 0 bridgehead atoms. The van der Waals surface area contributed by atoms with Crippen LogP contribution in [0.4, 0.5) is 23.2 Å². The molecule has 3 aromatic carbocycles. The number of anilines is 1. The van der Waals surface area contributed by atoms with Crippen molar-refractivity contribution >= 4 is 35.2 Å². The van der Waals surface area contributed by atoms with Crippen molar-refractivity contribution in [2.75, 3.05) is 12.4 Å². The number of carbonyl (C=O) groups excluding carboxylic acids is 2. The molecule has 0 aliphatic heterocycles. The molecule has 36 heavy (non-hydrogen) atoms. The molecular weight excluding hydrogens is 504 g/mol. The van der Waals surface area contributed by atoms with Crippen molar-refractivity contribution in [1.29, 1.82) is 5.26 Å². The molecule has 0 radical (unpaired) electrons. The van der Waals surface area contributed by atoms with E-state index in [2.05, 4.69) is 5.32 Å². The molecule has 184 valence electrons. The zero-order valence-electron chi connectivity index (χ0n) is 18.3. The van der Waals surface area contributed by atoms with Gasteiger partial charge in [-0.2, -0.15) is 18.4 Å². The molecule has 1 amide bonds. The second kappa shape index (κ2) is 10.9. The number of nitrogens with one attached hydrogen (secondary N) is 1. The largest absolute Gasteiger partial charge is 0.493 e. The molecule has 6 nitrogen and oxygen atoms in total. The van der Waals surface area contributed by atoms with E-state index >= 15 is 0 Å². The minimum atomic E-state index is -4.66. The Balaban J connectivity index is 1.83. The second-order valence-electron chi connectivity index (χ2n) is 7.13. The van der Waals surface area contributed by atoms with E-state index in [1.807, 2.05) is 0 Å². The summed E-state index contributed by atoms with van der Waals surface area (Å²) in [6.45, 7) is 0. The van der Waals surface area contributed by atoms with Crippen LogP contribution in [0.3, 0.4) is 0 Å². The highest BCUT2D eigenvalue weighted by atomic mass is 35.5. The van der Waals surface area contributed by atoms with E-state index in [1.165, 1.54) is 43.5 Å². The molecule has 0 fully saturated rings. The third-order valence-corrected chi connectivity index (χ3v) is 5.00. The van der Waals surface area contributed by atoms with E-state index < -0.39 is 35.0 Å². The van der Waals surface area contributed by atoms with Crippen LogP contribution < -0.4 is 14.8 Å². The summed E-state index contributed by atoms with van der Waals surface area (Å²) in [7, 11) is 1.29. The molecule has 0 saturated heterocycles. The van der Waals surface area contributed by atoms with Crippen molar-refractivity contribution in [2.45, 2.75) is 6.18 Å². The predicted octanol–water partition coefficient (Wildman–Crippen LogP) is 6.27. The Morgan fingerprint density at radius 3 is 2.44 bits per heavy atom. The van der Waals surface area contributed by atoms with E-state index in [1.54, 1.807) is 6.07 Å². The van der Waals surface area contributed by atoms with Gasteiger partial charge < -0.3 is 14.8 Å². The van der Waals surface area contributed by atoms with E-state index in [9.17, 15) is 32.4 Å². The number of alkyl halides is 3. The van der Waals surface area contributed by atoms with Gasteiger partial charge in [0.2, 0.25) is 0 Å². The fourth-order valence-electron chi connectivity index (χ4n) is 2.93. The van der Waals surface area contributed by atoms with Crippen molar-refractivity contribution in [2.24, 2.45) is 0 Å². The maximum Gasteiger partial charge on any atom is 0.416 e. The lowest BCUT2D eigenvalue weighted by Crippen LogP contribution is -2.15. The first-order chi connectivity index (χ1) is 17.0. The van der Waals surface area contributed by atoms with E-state index in [0.717, 1.165) is 24.3 Å². The minimum Gasteiger partial charge on any atom is -0.493 e. The number of hydrogen-bond acceptors (Lipinski definition) is 5. The second-order valence-corrected chi connectivity index (χ2v) is 7.53. The van der Waals surface area contributed by atoms with Gasteiger partial charge in [-0.1, -0.05) is 23.7 Å². The summed E-state index contributed by atoms with van der Waals surface area (Å²) in [6.07, 6.45) is -3.51. The number of hydrogen-bond donors (Lipinski definition) is 1. The van der Waals surface area contributed by atoms with Gasteiger partial charge in [0.15, 0.2) is 11.5 Å². The fraction of sp³-hybridized carbons (Fsp3) is 0.0800. The molecule has 0 unspecified atom stereocenters. The van der Waals surface area contributed by atoms with Gasteiger partial charge in [-0.3, -0.25) is 4.79 Å². The average molecular weight is 519 g/mol. The van der Waals surface area contributed by atoms with Crippen molar-refractivity contribution in [3.05, 3.63) is 93.8 Å². The van der Waals surface area contributed by atoms with Crippen LogP contribution in [0.15, 0.2) is 66.2 Å². The smallest absolute Gasteiger partial charge is 0.416 e. The maximum absolute atomic E-state index is 13.4. The highest BCUT2D eigenvalue weighted by Gasteiger charge is 2.31. The normalized spacial score (nSPS) is 11.4. The van der Waals surface area contributed by atoms with Crippen molar-refractivity contribution < 1.29 is 36.6 Å². The Kier molecular flexibility index (Phi) is 7.96. The average Bonchev–Trinajstić information content (AvgIpc) is 2.83. The predicted molar refractivity (Wildman–Crippen MR) is 123 cm³/mol. The Bertz CT molecular complexity index is 1400. The van der Waals surface area contributed by atoms with Gasteiger partial charge in [-0.05, 0) is 60.2 Å². The number of halogens is 5. The van der Waals surface area contributed by atoms with Crippen LogP contribution in [0, 0.1) is 17.1 Å². The highest BCUT2D eigenvalue weighted by molar-refractivity contribution is 6.34. The molecule has 0 heterocycles. The highest BCUT2D eigenvalue weighted by Crippen LogP contribution is 2.34. The van der Waals surface area contributed by atoms with Crippen LogP contribution in [0.5, 0.6) is 11.5 Å². The molecule has 0 aliphatic carbocycles. The van der Waals surface area contributed by atoms with Crippen molar-refractivity contribution in [1.82, 2.24) is 0 Å². The number of benzene rings is 3. The summed E-state index contributed by atoms with van der Waals surface area (Å²) in [5.74, 6) is -2.41. The van der Waals surface area contributed by atoms with Crippen LogP contribution >= 0.6 is 11.6 Å². The number of methoxy groups -OCH3 is 1. The first-order valence-corrected chi connectivity index (χ1v) is 10.4. The molecule has 0 aliphatic rings. The number of nitrogens with zero attached hydrogens (tertiary/aromatic N) is 1. The topological polar surface area (TPSA) is 88.4 Å². The van der Waals surface area contributed by atoms with Crippen LogP contribution in [-0.2, 0) is 11.0 Å². The van der Waals surface area contributed by atoms with Gasteiger partial charge in [0.05, 0.1) is 28.9 Å². The molecule has 0 aromatic heterocycles. The Morgan fingerprint density at radius 1 is 1.06 bits per heavy atom. The molecule has 3 rings (SSSR count). The van der Waals surface area contributed by atoms with Crippen LogP contribution in [0.1, 0.15) is 21.5 Å². The lowest BCUT2D eigenvalue weighted by molar-refractivity contribution is -0.137. The number of esters is 1. The van der Waals surface area contributed by atoms with Gasteiger partial charge in [0, 0.05) is 0 Å². The van der Waals surface area contributed by atoms with Crippen molar-refractivity contribution in [3.8, 4) is 17.6 Å². The van der Waals surface area contributed by atoms with Gasteiger partial charge in [0.1, 0.15) is 17.5 Å². The lowest BCUT2D eigenvalue weighted by atomic mass is 10.1. The Morgan fingerprint density at radius 2 is 1.81 bits per heavy atom. The Hall–Kier alpha value is -4.36. The number of carbonyl (C=O) groups is 2. The number of ether oxygens (including phenoxy) is 2. The zero-order chi connectivity index (χ0) is 26.5. The van der Waals surface area contributed by atoms with Crippen LogP contribution in [0.25, 0.3) is 6.08 Å². The van der Waals surface area contributed by atoms with E-state index in [-0.39, 0.29) is 33.3 Å². The van der Waals surface area contributed by atoms with Gasteiger partial charge in [-0.25, -0.2) is 9.18 Å². The van der Waals surface area contributed by atoms with E-state index in [0.29, 0.717) is 6.07 Å². The SMILES string of the molecule is COc1cc(C=C(C#N)C(=O)Nc2cc(C(F)(F)F)ccc2Cl)ccc1OC(=O)c1cccc(F)c1. The standard InChI is InChI=1S/C25H15ClF4N2O4/c1-35-22-10-14(5-8-21(22)36-24(34)15-3-2-4-18(27)11-15)9-16(13-31)23(33)32-20-12-17(25(28,29)30)6-7-19(20)26/h2-12H,1H3,(H,32,33). The summed E-state index contributed by atoms with van der Waals surface area (Å²) < 4.78 is 62.7. The van der Waals surface area contributed by atoms with E-state index in [4.69, 9.17) is 21.1 Å². The molecule has 3 aromatic rings. The summed E-state index contributed by atoms with van der Waals surface area (Å²) in [5.41, 5.74) is -1.56. The quantitative estimate of drug-likeness (QED) is 0.137. The monoisotopic (exact) mass is 518 g/mol. The lowest BCUT2D eigenvalue weighted by Gasteiger charge is -2.12. The molecule has 0 saturated carbocycles. The maximum atomic E-state index is 13.4. The number of rotatable bonds is 6. The summed E-state index contributed by atoms with van der Waals surface area (Å²) >= 11 is 5.89. The summed E-state index contributed by atoms with van der Waals surface area (Å²) in [5, 5.41) is 11.5. The molecule has 1 N–H and O–H groups in total. The third-order valence-electron chi connectivity index (χ3n) is 4.67. The summed E-state index contributed by atoms with van der Waals surface area (Å²) in [6, 6.07) is 13.0. The van der Waals surface area contributed by atoms with Gasteiger partial charge in [-0.15, -0.1) is 0 Å². The first-order valence-electron chi connectivity index (χ1n) is 9.97. The molecular formula is C25H15ClF4N2O4. The van der Waals surface area contributed by atoms with Gasteiger partial charge in [0.25, 0.3) is 5.91 Å². The van der Waals surface area contributed by atoms with Crippen molar-refractivity contribution in [3.63, 3.8) is 0 Å². The van der Waals surface area contributed by atoms with Crippen LogP contribution in [-0.4, -0.2) is 19.0 Å². The number of amides is 1. The minimum absolute atomic E-state index is 0.0115. The fourth-order valence-corrected chi connectivity index (χ4v) is 3.10. The molecule has 0 spiro atoms. The molecule has 0 atom stereocenters. The first kappa shape index (κ1) is 26.2. The zero-order valence-corrected chi connectivity index (χ0v) is 19.1.